The number of nitrogens with zero attached hydrogens (tertiary/aromatic N) is 3. The van der Waals surface area contributed by atoms with Crippen LogP contribution in [0.1, 0.15) is 76.2 Å². The molecule has 37 heavy (non-hydrogen) atoms. The van der Waals surface area contributed by atoms with Gasteiger partial charge in [0.05, 0.1) is 21.9 Å². The number of amides is 1. The number of nitrogens with one attached hydrogen (secondary N) is 2. The minimum absolute atomic E-state index is 0.00679. The molecule has 0 bridgehead atoms. The molecule has 2 aromatic heterocycles. The molecule has 2 aromatic rings. The van der Waals surface area contributed by atoms with E-state index in [0.29, 0.717) is 37.0 Å². The molecule has 2 aliphatic rings. The zero-order valence-corrected chi connectivity index (χ0v) is 22.3. The van der Waals surface area contributed by atoms with Crippen LogP contribution in [0, 0.1) is 11.8 Å². The van der Waals surface area contributed by atoms with E-state index in [9.17, 15) is 18.7 Å². The zero-order chi connectivity index (χ0) is 26.7. The van der Waals surface area contributed by atoms with Gasteiger partial charge in [-0.25, -0.2) is 4.98 Å². The molecule has 204 valence electrons. The molecule has 3 N–H and O–H groups in total. The Morgan fingerprint density at radius 1 is 1.32 bits per heavy atom. The number of aromatic nitrogens is 3. The van der Waals surface area contributed by atoms with Gasteiger partial charge in [0.2, 0.25) is 0 Å². The Morgan fingerprint density at radius 3 is 2.65 bits per heavy atom. The molecule has 2 saturated carbocycles. The highest BCUT2D eigenvalue weighted by atomic mass is 35.5. The van der Waals surface area contributed by atoms with Gasteiger partial charge in [-0.3, -0.25) is 9.48 Å². The Kier molecular flexibility index (Phi) is 8.58. The number of carbonyl (C=O) groups excluding carboxylic acids is 1. The number of ether oxygens (including phenoxy) is 1. The molecule has 8 nitrogen and oxygen atoms in total. The molecule has 0 radical (unpaired) electrons. The Balaban J connectivity index is 1.57. The second kappa shape index (κ2) is 11.5. The molecule has 0 spiro atoms. The number of rotatable bonds is 11. The van der Waals surface area contributed by atoms with Crippen molar-refractivity contribution in [2.75, 3.05) is 11.9 Å². The normalized spacial score (nSPS) is 22.6. The highest BCUT2D eigenvalue weighted by molar-refractivity contribution is 6.36. The van der Waals surface area contributed by atoms with Crippen LogP contribution in [0.3, 0.4) is 0 Å². The maximum absolute atomic E-state index is 13.3. The van der Waals surface area contributed by atoms with Gasteiger partial charge in [0.25, 0.3) is 5.91 Å². The lowest BCUT2D eigenvalue weighted by Crippen LogP contribution is -2.45. The number of alkyl halides is 2. The SMILES string of the molecule is CCn1nc(C(=O)NCC2(O)CCC(C)CC2)c(Cl)c1-c1cnc(NC(C)CC2CC2)cc1OC(F)F. The number of halogens is 3. The summed E-state index contributed by atoms with van der Waals surface area (Å²) in [5.74, 6) is 1.01. The second-order valence-electron chi connectivity index (χ2n) is 10.6. The van der Waals surface area contributed by atoms with Crippen molar-refractivity contribution in [1.29, 1.82) is 0 Å². The summed E-state index contributed by atoms with van der Waals surface area (Å²) in [4.78, 5) is 17.4. The van der Waals surface area contributed by atoms with E-state index in [1.807, 2.05) is 6.92 Å². The van der Waals surface area contributed by atoms with E-state index in [-0.39, 0.29) is 40.3 Å². The molecule has 1 amide bonds. The van der Waals surface area contributed by atoms with Gasteiger partial charge in [-0.2, -0.15) is 13.9 Å². The van der Waals surface area contributed by atoms with Crippen LogP contribution >= 0.6 is 11.6 Å². The molecule has 2 heterocycles. The van der Waals surface area contributed by atoms with E-state index >= 15 is 0 Å². The van der Waals surface area contributed by atoms with Gasteiger partial charge in [0.1, 0.15) is 11.6 Å². The van der Waals surface area contributed by atoms with E-state index < -0.39 is 18.1 Å². The summed E-state index contributed by atoms with van der Waals surface area (Å²) in [6.45, 7) is 3.34. The third-order valence-electron chi connectivity index (χ3n) is 7.31. The van der Waals surface area contributed by atoms with E-state index in [0.717, 1.165) is 19.3 Å². The van der Waals surface area contributed by atoms with Crippen molar-refractivity contribution in [3.8, 4) is 17.0 Å². The lowest BCUT2D eigenvalue weighted by molar-refractivity contribution is -0.0494. The fourth-order valence-electron chi connectivity index (χ4n) is 4.93. The van der Waals surface area contributed by atoms with Crippen molar-refractivity contribution in [3.05, 3.63) is 23.0 Å². The van der Waals surface area contributed by atoms with E-state index in [1.54, 1.807) is 6.92 Å². The number of pyridine rings is 1. The topological polar surface area (TPSA) is 101 Å². The molecular formula is C26H36ClF2N5O3. The smallest absolute Gasteiger partial charge is 0.387 e. The first-order chi connectivity index (χ1) is 17.6. The molecule has 2 aliphatic carbocycles. The Morgan fingerprint density at radius 2 is 2.03 bits per heavy atom. The van der Waals surface area contributed by atoms with Crippen molar-refractivity contribution in [1.82, 2.24) is 20.1 Å². The molecule has 0 aliphatic heterocycles. The summed E-state index contributed by atoms with van der Waals surface area (Å²) in [7, 11) is 0. The standard InChI is InChI=1S/C26H36ClF2N5O3/c1-4-34-23(21(27)22(33-34)24(35)31-14-26(36)9-7-15(2)8-10-26)18-13-30-20(12-19(18)37-25(28)29)32-16(3)11-17-5-6-17/h12-13,15-17,25,36H,4-11,14H2,1-3H3,(H,30,32)(H,31,35). The average Bonchev–Trinajstić information content (AvgIpc) is 3.60. The largest absolute Gasteiger partial charge is 0.434 e. The van der Waals surface area contributed by atoms with Crippen LogP contribution in [0.5, 0.6) is 5.75 Å². The Hall–Kier alpha value is -2.46. The van der Waals surface area contributed by atoms with Crippen LogP contribution < -0.4 is 15.4 Å². The predicted molar refractivity (Wildman–Crippen MR) is 138 cm³/mol. The first-order valence-electron chi connectivity index (χ1n) is 13.1. The Bertz CT molecular complexity index is 1100. The quantitative estimate of drug-likeness (QED) is 0.349. The third-order valence-corrected chi connectivity index (χ3v) is 7.67. The van der Waals surface area contributed by atoms with Crippen molar-refractivity contribution < 1.29 is 23.4 Å². The number of aliphatic hydroxyl groups is 1. The molecule has 4 rings (SSSR count). The number of hydrogen-bond acceptors (Lipinski definition) is 6. The molecule has 11 heteroatoms. The minimum Gasteiger partial charge on any atom is -0.434 e. The van der Waals surface area contributed by atoms with Gasteiger partial charge in [-0.1, -0.05) is 31.4 Å². The first-order valence-corrected chi connectivity index (χ1v) is 13.4. The highest BCUT2D eigenvalue weighted by Crippen LogP contribution is 2.39. The molecule has 0 saturated heterocycles. The van der Waals surface area contributed by atoms with E-state index in [1.165, 1.54) is 29.8 Å². The van der Waals surface area contributed by atoms with Crippen LogP contribution in [0.15, 0.2) is 12.3 Å². The fourth-order valence-corrected chi connectivity index (χ4v) is 5.25. The van der Waals surface area contributed by atoms with Crippen molar-refractivity contribution >= 4 is 23.3 Å². The predicted octanol–water partition coefficient (Wildman–Crippen LogP) is 5.49. The fraction of sp³-hybridized carbons (Fsp3) is 0.654. The first kappa shape index (κ1) is 27.6. The number of aryl methyl sites for hydroxylation is 1. The van der Waals surface area contributed by atoms with Crippen LogP contribution in [-0.4, -0.2) is 50.6 Å². The maximum atomic E-state index is 13.3. The van der Waals surface area contributed by atoms with Gasteiger partial charge < -0.3 is 20.5 Å². The van der Waals surface area contributed by atoms with E-state index in [4.69, 9.17) is 16.3 Å². The number of anilines is 1. The zero-order valence-electron chi connectivity index (χ0n) is 21.6. The summed E-state index contributed by atoms with van der Waals surface area (Å²) in [6, 6.07) is 1.56. The molecule has 1 atom stereocenters. The lowest BCUT2D eigenvalue weighted by atomic mass is 9.79. The second-order valence-corrected chi connectivity index (χ2v) is 11.0. The Labute approximate surface area is 221 Å². The van der Waals surface area contributed by atoms with Crippen LogP contribution in [-0.2, 0) is 6.54 Å². The van der Waals surface area contributed by atoms with Gasteiger partial charge >= 0.3 is 6.61 Å². The summed E-state index contributed by atoms with van der Waals surface area (Å²) in [5.41, 5.74) is -0.541. The van der Waals surface area contributed by atoms with Gasteiger partial charge in [0.15, 0.2) is 5.69 Å². The van der Waals surface area contributed by atoms with Gasteiger partial charge in [-0.15, -0.1) is 0 Å². The molecular weight excluding hydrogens is 504 g/mol. The van der Waals surface area contributed by atoms with Gasteiger partial charge in [-0.05, 0) is 57.8 Å². The molecule has 2 fully saturated rings. The third kappa shape index (κ3) is 6.90. The summed E-state index contributed by atoms with van der Waals surface area (Å²) >= 11 is 6.62. The van der Waals surface area contributed by atoms with Crippen molar-refractivity contribution in [2.45, 2.75) is 90.5 Å². The number of hydrogen-bond donors (Lipinski definition) is 3. The molecule has 0 aromatic carbocycles. The van der Waals surface area contributed by atoms with Crippen LogP contribution in [0.25, 0.3) is 11.3 Å². The minimum atomic E-state index is -3.06. The van der Waals surface area contributed by atoms with Crippen LogP contribution in [0.2, 0.25) is 5.02 Å². The molecule has 1 unspecified atom stereocenters. The summed E-state index contributed by atoms with van der Waals surface area (Å²) < 4.78 is 33.0. The summed E-state index contributed by atoms with van der Waals surface area (Å²) in [5, 5.41) is 21.2. The monoisotopic (exact) mass is 539 g/mol. The van der Waals surface area contributed by atoms with E-state index in [2.05, 4.69) is 27.6 Å². The van der Waals surface area contributed by atoms with Crippen LogP contribution in [0.4, 0.5) is 14.6 Å². The maximum Gasteiger partial charge on any atom is 0.387 e. The highest BCUT2D eigenvalue weighted by Gasteiger charge is 2.33. The average molecular weight is 540 g/mol. The lowest BCUT2D eigenvalue weighted by Gasteiger charge is -2.34. The van der Waals surface area contributed by atoms with Crippen molar-refractivity contribution in [2.24, 2.45) is 11.8 Å². The number of carbonyl (C=O) groups is 1. The van der Waals surface area contributed by atoms with Gasteiger partial charge in [0, 0.05) is 31.4 Å². The summed E-state index contributed by atoms with van der Waals surface area (Å²) in [6.07, 6.45) is 7.82. The van der Waals surface area contributed by atoms with Crippen molar-refractivity contribution in [3.63, 3.8) is 0 Å².